The molecule has 92 valence electrons. The van der Waals surface area contributed by atoms with Gasteiger partial charge in [0.25, 0.3) is 5.91 Å². The van der Waals surface area contributed by atoms with Gasteiger partial charge in [0.05, 0.1) is 0 Å². The molecule has 1 amide bonds. The lowest BCUT2D eigenvalue weighted by molar-refractivity contribution is -0.127. The Morgan fingerprint density at radius 3 is 2.72 bits per heavy atom. The zero-order valence-corrected chi connectivity index (χ0v) is 10.6. The van der Waals surface area contributed by atoms with Crippen molar-refractivity contribution >= 4 is 12.0 Å². The van der Waals surface area contributed by atoms with Crippen molar-refractivity contribution < 1.29 is 4.79 Å². The van der Waals surface area contributed by atoms with E-state index in [0.717, 1.165) is 11.1 Å². The highest BCUT2D eigenvalue weighted by molar-refractivity contribution is 5.95. The van der Waals surface area contributed by atoms with Gasteiger partial charge in [0.2, 0.25) is 0 Å². The summed E-state index contributed by atoms with van der Waals surface area (Å²) in [6, 6.07) is 8.12. The Kier molecular flexibility index (Phi) is 2.14. The van der Waals surface area contributed by atoms with Crippen LogP contribution in [-0.4, -0.2) is 10.8 Å². The van der Waals surface area contributed by atoms with Crippen molar-refractivity contribution in [3.63, 3.8) is 0 Å². The average molecular weight is 240 g/mol. The summed E-state index contributed by atoms with van der Waals surface area (Å²) in [6.45, 7) is 4.20. The zero-order valence-electron chi connectivity index (χ0n) is 10.6. The molecule has 0 aromatic heterocycles. The van der Waals surface area contributed by atoms with Gasteiger partial charge in [0.1, 0.15) is 5.54 Å². The van der Waals surface area contributed by atoms with Gasteiger partial charge < -0.3 is 5.73 Å². The third-order valence-corrected chi connectivity index (χ3v) is 3.95. The number of rotatable bonds is 1. The lowest BCUT2D eigenvalue weighted by Crippen LogP contribution is -2.50. The number of nitrogens with zero attached hydrogens (tertiary/aromatic N) is 1. The van der Waals surface area contributed by atoms with Gasteiger partial charge in [-0.25, -0.2) is 0 Å². The van der Waals surface area contributed by atoms with Gasteiger partial charge >= 0.3 is 0 Å². The van der Waals surface area contributed by atoms with Crippen molar-refractivity contribution in [2.45, 2.75) is 19.4 Å². The van der Waals surface area contributed by atoms with Crippen LogP contribution in [0.4, 0.5) is 0 Å². The molecular weight excluding hydrogens is 224 g/mol. The van der Waals surface area contributed by atoms with Gasteiger partial charge in [-0.05, 0) is 23.1 Å². The highest BCUT2D eigenvalue weighted by Gasteiger charge is 2.51. The summed E-state index contributed by atoms with van der Waals surface area (Å²) < 4.78 is 0. The molecule has 1 unspecified atom stereocenters. The normalized spacial score (nSPS) is 25.2. The van der Waals surface area contributed by atoms with Crippen LogP contribution in [0, 0.1) is 5.92 Å². The van der Waals surface area contributed by atoms with Crippen LogP contribution in [0.1, 0.15) is 25.0 Å². The molecule has 2 aliphatic rings. The van der Waals surface area contributed by atoms with Crippen LogP contribution in [0.2, 0.25) is 0 Å². The maximum absolute atomic E-state index is 12.1. The second-order valence-corrected chi connectivity index (χ2v) is 5.13. The van der Waals surface area contributed by atoms with Crippen LogP contribution in [-0.2, 0) is 10.3 Å². The Morgan fingerprint density at radius 2 is 2.00 bits per heavy atom. The summed E-state index contributed by atoms with van der Waals surface area (Å²) in [7, 11) is 0. The molecule has 0 radical (unpaired) electrons. The summed E-state index contributed by atoms with van der Waals surface area (Å²) in [5.74, 6) is 0.179. The topological polar surface area (TPSA) is 46.3 Å². The minimum Gasteiger partial charge on any atom is -0.400 e. The molecule has 2 heterocycles. The number of hydrogen-bond acceptors (Lipinski definition) is 2. The third-order valence-electron chi connectivity index (χ3n) is 3.95. The number of fused-ring (bicyclic) bond motifs is 3. The van der Waals surface area contributed by atoms with Crippen molar-refractivity contribution in [3.8, 4) is 0 Å². The molecule has 3 nitrogen and oxygen atoms in total. The number of carbonyl (C=O) groups is 1. The largest absolute Gasteiger partial charge is 0.400 e. The molecule has 1 atom stereocenters. The third kappa shape index (κ3) is 1.11. The van der Waals surface area contributed by atoms with Gasteiger partial charge in [0, 0.05) is 18.0 Å². The first-order valence-corrected chi connectivity index (χ1v) is 6.17. The Morgan fingerprint density at radius 1 is 1.28 bits per heavy atom. The van der Waals surface area contributed by atoms with E-state index in [4.69, 9.17) is 5.73 Å². The number of carbonyl (C=O) groups excluding carboxylic acids is 1. The molecule has 18 heavy (non-hydrogen) atoms. The Bertz CT molecular complexity index is 586. The molecule has 0 spiro atoms. The van der Waals surface area contributed by atoms with Crippen LogP contribution in [0.3, 0.4) is 0 Å². The zero-order chi connectivity index (χ0) is 12.9. The van der Waals surface area contributed by atoms with Crippen LogP contribution in [0.25, 0.3) is 6.08 Å². The van der Waals surface area contributed by atoms with Crippen LogP contribution in [0.5, 0.6) is 0 Å². The summed E-state index contributed by atoms with van der Waals surface area (Å²) in [5, 5.41) is 0. The molecule has 3 rings (SSSR count). The van der Waals surface area contributed by atoms with Gasteiger partial charge in [-0.2, -0.15) is 0 Å². The lowest BCUT2D eigenvalue weighted by atomic mass is 9.74. The maximum Gasteiger partial charge on any atom is 0.253 e. The fourth-order valence-corrected chi connectivity index (χ4v) is 3.17. The average Bonchev–Trinajstić information content (AvgIpc) is 2.62. The molecule has 0 saturated carbocycles. The first-order chi connectivity index (χ1) is 8.58. The summed E-state index contributed by atoms with van der Waals surface area (Å²) in [6.07, 6.45) is 5.37. The SMILES string of the molecule is CC(C)C12C(N)=CC(=O)N1C=Cc1ccccc12. The molecule has 2 aliphatic heterocycles. The van der Waals surface area contributed by atoms with E-state index in [1.54, 1.807) is 11.0 Å². The molecule has 0 saturated heterocycles. The number of benzene rings is 1. The van der Waals surface area contributed by atoms with E-state index in [1.807, 2.05) is 24.4 Å². The monoisotopic (exact) mass is 240 g/mol. The quantitative estimate of drug-likeness (QED) is 0.818. The predicted octanol–water partition coefficient (Wildman–Crippen LogP) is 2.21. The van der Waals surface area contributed by atoms with E-state index in [2.05, 4.69) is 26.0 Å². The highest BCUT2D eigenvalue weighted by atomic mass is 16.2. The standard InChI is InChI=1S/C15H16N2O/c1-10(2)15-12-6-4-3-5-11(12)7-8-17(15)14(18)9-13(15)16/h3-10H,16H2,1-2H3. The van der Waals surface area contributed by atoms with Gasteiger partial charge in [-0.1, -0.05) is 38.1 Å². The smallest absolute Gasteiger partial charge is 0.253 e. The molecular formula is C15H16N2O. The van der Waals surface area contributed by atoms with E-state index in [9.17, 15) is 4.79 Å². The molecule has 1 aromatic carbocycles. The lowest BCUT2D eigenvalue weighted by Gasteiger charge is -2.44. The second-order valence-electron chi connectivity index (χ2n) is 5.13. The number of amides is 1. The number of hydrogen-bond donors (Lipinski definition) is 1. The number of nitrogens with two attached hydrogens (primary N) is 1. The van der Waals surface area contributed by atoms with Crippen molar-refractivity contribution in [2.24, 2.45) is 11.7 Å². The molecule has 3 heteroatoms. The minimum absolute atomic E-state index is 0.0352. The predicted molar refractivity (Wildman–Crippen MR) is 71.1 cm³/mol. The van der Waals surface area contributed by atoms with Crippen LogP contribution >= 0.6 is 0 Å². The van der Waals surface area contributed by atoms with E-state index in [1.165, 1.54) is 0 Å². The molecule has 0 fully saturated rings. The van der Waals surface area contributed by atoms with Crippen molar-refractivity contribution in [3.05, 3.63) is 53.4 Å². The molecule has 1 aromatic rings. The minimum atomic E-state index is -0.511. The first kappa shape index (κ1) is 11.1. The molecule has 0 aliphatic carbocycles. The molecule has 2 N–H and O–H groups in total. The van der Waals surface area contributed by atoms with Crippen LogP contribution < -0.4 is 5.73 Å². The molecule has 0 bridgehead atoms. The van der Waals surface area contributed by atoms with E-state index in [0.29, 0.717) is 5.70 Å². The Balaban J connectivity index is 2.34. The first-order valence-electron chi connectivity index (χ1n) is 6.17. The summed E-state index contributed by atoms with van der Waals surface area (Å²) in [5.41, 5.74) is 8.57. The van der Waals surface area contributed by atoms with Gasteiger partial charge in [0.15, 0.2) is 0 Å². The fraction of sp³-hybridized carbons (Fsp3) is 0.267. The van der Waals surface area contributed by atoms with Crippen molar-refractivity contribution in [1.82, 2.24) is 4.90 Å². The van der Waals surface area contributed by atoms with E-state index < -0.39 is 5.54 Å². The van der Waals surface area contributed by atoms with Crippen molar-refractivity contribution in [2.75, 3.05) is 0 Å². The Labute approximate surface area is 107 Å². The summed E-state index contributed by atoms with van der Waals surface area (Å²) >= 11 is 0. The second kappa shape index (κ2) is 3.48. The van der Waals surface area contributed by atoms with E-state index >= 15 is 0 Å². The van der Waals surface area contributed by atoms with Gasteiger partial charge in [-0.3, -0.25) is 9.69 Å². The summed E-state index contributed by atoms with van der Waals surface area (Å²) in [4.78, 5) is 13.8. The van der Waals surface area contributed by atoms with Crippen molar-refractivity contribution in [1.29, 1.82) is 0 Å². The highest BCUT2D eigenvalue weighted by Crippen LogP contribution is 2.48. The van der Waals surface area contributed by atoms with Gasteiger partial charge in [-0.15, -0.1) is 0 Å². The fourth-order valence-electron chi connectivity index (χ4n) is 3.17. The Hall–Kier alpha value is -2.03. The maximum atomic E-state index is 12.1. The van der Waals surface area contributed by atoms with Crippen LogP contribution in [0.15, 0.2) is 42.2 Å². The van der Waals surface area contributed by atoms with E-state index in [-0.39, 0.29) is 11.8 Å².